The first-order valence-corrected chi connectivity index (χ1v) is 7.48. The van der Waals surface area contributed by atoms with E-state index < -0.39 is 5.60 Å². The molecule has 0 amide bonds. The van der Waals surface area contributed by atoms with Crippen LogP contribution in [0.15, 0.2) is 46.9 Å². The van der Waals surface area contributed by atoms with Crippen molar-refractivity contribution >= 4 is 15.9 Å². The van der Waals surface area contributed by atoms with Crippen LogP contribution >= 0.6 is 15.9 Å². The summed E-state index contributed by atoms with van der Waals surface area (Å²) >= 11 is 3.17. The zero-order valence-corrected chi connectivity index (χ0v) is 13.7. The molecule has 0 fully saturated rings. The van der Waals surface area contributed by atoms with Crippen LogP contribution in [-0.4, -0.2) is 17.8 Å². The molecule has 2 aromatic carbocycles. The number of ether oxygens (including phenoxy) is 1. The van der Waals surface area contributed by atoms with Gasteiger partial charge in [-0.3, -0.25) is 0 Å². The maximum atomic E-state index is 13.2. The average molecular weight is 353 g/mol. The van der Waals surface area contributed by atoms with Gasteiger partial charge in [0.15, 0.2) is 0 Å². The fourth-order valence-corrected chi connectivity index (χ4v) is 2.76. The lowest BCUT2D eigenvalue weighted by molar-refractivity contribution is 0.0608. The standard InChI is InChI=1S/C17H18BrFO2/c1-17(20,10-12-3-6-14(21-2)7-4-12)11-13-5-8-16(19)15(18)9-13/h3-9,20H,10-11H2,1-2H3. The normalized spacial score (nSPS) is 13.8. The van der Waals surface area contributed by atoms with Gasteiger partial charge in [-0.2, -0.15) is 0 Å². The van der Waals surface area contributed by atoms with Crippen molar-refractivity contribution in [3.63, 3.8) is 0 Å². The molecule has 112 valence electrons. The Hall–Kier alpha value is -1.39. The van der Waals surface area contributed by atoms with E-state index in [9.17, 15) is 9.50 Å². The SMILES string of the molecule is COc1ccc(CC(C)(O)Cc2ccc(F)c(Br)c2)cc1. The lowest BCUT2D eigenvalue weighted by Gasteiger charge is -2.24. The van der Waals surface area contributed by atoms with Crippen LogP contribution in [0.3, 0.4) is 0 Å². The zero-order valence-electron chi connectivity index (χ0n) is 12.1. The molecule has 0 aliphatic carbocycles. The van der Waals surface area contributed by atoms with E-state index in [1.165, 1.54) is 6.07 Å². The van der Waals surface area contributed by atoms with Crippen LogP contribution in [0.1, 0.15) is 18.1 Å². The maximum Gasteiger partial charge on any atom is 0.137 e. The quantitative estimate of drug-likeness (QED) is 0.876. The van der Waals surface area contributed by atoms with Gasteiger partial charge >= 0.3 is 0 Å². The molecule has 0 saturated heterocycles. The predicted octanol–water partition coefficient (Wildman–Crippen LogP) is 4.13. The van der Waals surface area contributed by atoms with Crippen molar-refractivity contribution in [2.24, 2.45) is 0 Å². The monoisotopic (exact) mass is 352 g/mol. The Bertz CT molecular complexity index is 609. The first-order valence-electron chi connectivity index (χ1n) is 6.69. The molecular formula is C17H18BrFO2. The fraction of sp³-hybridized carbons (Fsp3) is 0.294. The number of benzene rings is 2. The van der Waals surface area contributed by atoms with Gasteiger partial charge in [0.1, 0.15) is 11.6 Å². The number of hydrogen-bond donors (Lipinski definition) is 1. The molecule has 4 heteroatoms. The van der Waals surface area contributed by atoms with Crippen LogP contribution in [0.2, 0.25) is 0 Å². The van der Waals surface area contributed by atoms with Gasteiger partial charge in [0, 0.05) is 12.8 Å². The van der Waals surface area contributed by atoms with Gasteiger partial charge in [-0.15, -0.1) is 0 Å². The molecule has 1 atom stereocenters. The second kappa shape index (κ2) is 6.58. The first-order chi connectivity index (χ1) is 9.89. The largest absolute Gasteiger partial charge is 0.497 e. The van der Waals surface area contributed by atoms with Crippen molar-refractivity contribution in [1.29, 1.82) is 0 Å². The average Bonchev–Trinajstić information content (AvgIpc) is 2.43. The van der Waals surface area contributed by atoms with E-state index >= 15 is 0 Å². The van der Waals surface area contributed by atoms with E-state index in [4.69, 9.17) is 4.74 Å². The van der Waals surface area contributed by atoms with E-state index in [2.05, 4.69) is 15.9 Å². The smallest absolute Gasteiger partial charge is 0.137 e. The van der Waals surface area contributed by atoms with Crippen molar-refractivity contribution in [1.82, 2.24) is 0 Å². The highest BCUT2D eigenvalue weighted by Gasteiger charge is 2.22. The lowest BCUT2D eigenvalue weighted by atomic mass is 9.90. The molecule has 0 spiro atoms. The minimum Gasteiger partial charge on any atom is -0.497 e. The molecule has 2 rings (SSSR count). The van der Waals surface area contributed by atoms with Crippen LogP contribution in [-0.2, 0) is 12.8 Å². The van der Waals surface area contributed by atoms with Crippen LogP contribution < -0.4 is 4.74 Å². The van der Waals surface area contributed by atoms with Gasteiger partial charge < -0.3 is 9.84 Å². The fourth-order valence-electron chi connectivity index (χ4n) is 2.33. The Morgan fingerprint density at radius 1 is 1.10 bits per heavy atom. The first kappa shape index (κ1) is 16.0. The highest BCUT2D eigenvalue weighted by molar-refractivity contribution is 9.10. The highest BCUT2D eigenvalue weighted by atomic mass is 79.9. The van der Waals surface area contributed by atoms with Gasteiger partial charge in [0.05, 0.1) is 17.2 Å². The van der Waals surface area contributed by atoms with Crippen molar-refractivity contribution in [3.8, 4) is 5.75 Å². The molecule has 2 nitrogen and oxygen atoms in total. The van der Waals surface area contributed by atoms with Crippen molar-refractivity contribution in [3.05, 3.63) is 63.9 Å². The zero-order chi connectivity index (χ0) is 15.5. The summed E-state index contributed by atoms with van der Waals surface area (Å²) in [5.41, 5.74) is 1.02. The lowest BCUT2D eigenvalue weighted by Crippen LogP contribution is -2.30. The van der Waals surface area contributed by atoms with E-state index in [0.29, 0.717) is 17.3 Å². The van der Waals surface area contributed by atoms with Gasteiger partial charge in [-0.1, -0.05) is 18.2 Å². The Kier molecular flexibility index (Phi) is 5.01. The summed E-state index contributed by atoms with van der Waals surface area (Å²) in [4.78, 5) is 0. The Balaban J connectivity index is 2.07. The topological polar surface area (TPSA) is 29.5 Å². The molecule has 2 aromatic rings. The molecule has 0 aromatic heterocycles. The van der Waals surface area contributed by atoms with Crippen LogP contribution in [0.25, 0.3) is 0 Å². The van der Waals surface area contributed by atoms with Gasteiger partial charge in [0.2, 0.25) is 0 Å². The highest BCUT2D eigenvalue weighted by Crippen LogP contribution is 2.23. The van der Waals surface area contributed by atoms with Crippen molar-refractivity contribution in [2.75, 3.05) is 7.11 Å². The van der Waals surface area contributed by atoms with E-state index in [0.717, 1.165) is 16.9 Å². The number of halogens is 2. The van der Waals surface area contributed by atoms with Gasteiger partial charge in [-0.05, 0) is 58.2 Å². The Morgan fingerprint density at radius 2 is 1.67 bits per heavy atom. The second-order valence-electron chi connectivity index (χ2n) is 5.45. The molecule has 1 unspecified atom stereocenters. The van der Waals surface area contributed by atoms with Crippen LogP contribution in [0.5, 0.6) is 5.75 Å². The minimum absolute atomic E-state index is 0.298. The molecule has 0 radical (unpaired) electrons. The molecule has 0 aliphatic heterocycles. The summed E-state index contributed by atoms with van der Waals surface area (Å²) in [6, 6.07) is 12.4. The molecule has 1 N–H and O–H groups in total. The van der Waals surface area contributed by atoms with Gasteiger partial charge in [-0.25, -0.2) is 4.39 Å². The number of aliphatic hydroxyl groups is 1. The van der Waals surface area contributed by atoms with Crippen LogP contribution in [0, 0.1) is 5.82 Å². The van der Waals surface area contributed by atoms with Gasteiger partial charge in [0.25, 0.3) is 0 Å². The molecule has 0 saturated carbocycles. The van der Waals surface area contributed by atoms with E-state index in [1.54, 1.807) is 26.2 Å². The van der Waals surface area contributed by atoms with E-state index in [-0.39, 0.29) is 5.82 Å². The molecule has 21 heavy (non-hydrogen) atoms. The maximum absolute atomic E-state index is 13.2. The second-order valence-corrected chi connectivity index (χ2v) is 6.30. The number of hydrogen-bond acceptors (Lipinski definition) is 2. The predicted molar refractivity (Wildman–Crippen MR) is 85.1 cm³/mol. The summed E-state index contributed by atoms with van der Waals surface area (Å²) in [6.45, 7) is 1.79. The summed E-state index contributed by atoms with van der Waals surface area (Å²) in [5, 5.41) is 10.6. The Morgan fingerprint density at radius 3 is 2.24 bits per heavy atom. The summed E-state index contributed by atoms with van der Waals surface area (Å²) in [5.74, 6) is 0.495. The summed E-state index contributed by atoms with van der Waals surface area (Å²) in [7, 11) is 1.62. The molecule has 0 aliphatic rings. The third-order valence-electron chi connectivity index (χ3n) is 3.31. The minimum atomic E-state index is -0.897. The summed E-state index contributed by atoms with van der Waals surface area (Å²) in [6.07, 6.45) is 0.976. The molecule has 0 bridgehead atoms. The number of methoxy groups -OCH3 is 1. The van der Waals surface area contributed by atoms with Crippen LogP contribution in [0.4, 0.5) is 4.39 Å². The van der Waals surface area contributed by atoms with Crippen molar-refractivity contribution in [2.45, 2.75) is 25.4 Å². The molecule has 0 heterocycles. The van der Waals surface area contributed by atoms with E-state index in [1.807, 2.05) is 24.3 Å². The third kappa shape index (κ3) is 4.55. The Labute approximate surface area is 132 Å². The summed E-state index contributed by atoms with van der Waals surface area (Å²) < 4.78 is 18.8. The molecular weight excluding hydrogens is 335 g/mol. The van der Waals surface area contributed by atoms with Crippen molar-refractivity contribution < 1.29 is 14.2 Å². The number of rotatable bonds is 5. The third-order valence-corrected chi connectivity index (χ3v) is 3.92.